The third-order valence-corrected chi connectivity index (χ3v) is 3.89. The second-order valence-electron chi connectivity index (χ2n) is 5.99. The fourth-order valence-corrected chi connectivity index (χ4v) is 2.54. The van der Waals surface area contributed by atoms with Crippen molar-refractivity contribution in [2.45, 2.75) is 13.1 Å². The molecule has 0 saturated carbocycles. The molecule has 0 bridgehead atoms. The predicted octanol–water partition coefficient (Wildman–Crippen LogP) is 2.36. The number of benzene rings is 1. The highest BCUT2D eigenvalue weighted by atomic mass is 16.5. The second kappa shape index (κ2) is 8.92. The number of methoxy groups -OCH3 is 1. The second-order valence-corrected chi connectivity index (χ2v) is 5.99. The standard InChI is InChI=1S/C19H27N5O/c1-20-19(22-13-15-10-11-21-18(12-15)23(2)3)24(4)14-16-8-6-7-9-17(16)25-5/h6-12H,13-14H2,1-5H3,(H,20,22). The van der Waals surface area contributed by atoms with Crippen molar-refractivity contribution in [2.24, 2.45) is 4.99 Å². The number of pyridine rings is 1. The third kappa shape index (κ3) is 5.11. The van der Waals surface area contributed by atoms with E-state index in [4.69, 9.17) is 4.74 Å². The van der Waals surface area contributed by atoms with E-state index in [1.54, 1.807) is 14.2 Å². The van der Waals surface area contributed by atoms with Gasteiger partial charge in [0.2, 0.25) is 0 Å². The Kier molecular flexibility index (Phi) is 6.62. The number of aromatic nitrogens is 1. The van der Waals surface area contributed by atoms with Gasteiger partial charge in [0.1, 0.15) is 11.6 Å². The van der Waals surface area contributed by atoms with Crippen molar-refractivity contribution in [1.29, 1.82) is 0 Å². The van der Waals surface area contributed by atoms with Crippen LogP contribution < -0.4 is 15.0 Å². The molecule has 134 valence electrons. The number of nitrogens with zero attached hydrogens (tertiary/aromatic N) is 4. The van der Waals surface area contributed by atoms with Crippen molar-refractivity contribution in [3.05, 3.63) is 53.7 Å². The van der Waals surface area contributed by atoms with Crippen LogP contribution in [0.25, 0.3) is 0 Å². The summed E-state index contributed by atoms with van der Waals surface area (Å²) in [7, 11) is 9.47. The molecule has 0 radical (unpaired) electrons. The van der Waals surface area contributed by atoms with Gasteiger partial charge in [-0.15, -0.1) is 0 Å². The van der Waals surface area contributed by atoms with Gasteiger partial charge in [-0.25, -0.2) is 4.98 Å². The topological polar surface area (TPSA) is 53.0 Å². The van der Waals surface area contributed by atoms with Gasteiger partial charge in [0.15, 0.2) is 5.96 Å². The summed E-state index contributed by atoms with van der Waals surface area (Å²) in [5.74, 6) is 2.65. The highest BCUT2D eigenvalue weighted by Crippen LogP contribution is 2.18. The van der Waals surface area contributed by atoms with Gasteiger partial charge < -0.3 is 19.9 Å². The first-order valence-corrected chi connectivity index (χ1v) is 8.21. The van der Waals surface area contributed by atoms with Crippen molar-refractivity contribution >= 4 is 11.8 Å². The molecule has 1 heterocycles. The Morgan fingerprint density at radius 1 is 1.20 bits per heavy atom. The number of nitrogens with one attached hydrogen (secondary N) is 1. The lowest BCUT2D eigenvalue weighted by atomic mass is 10.2. The Hall–Kier alpha value is -2.76. The number of anilines is 1. The van der Waals surface area contributed by atoms with Crippen LogP contribution in [0.1, 0.15) is 11.1 Å². The maximum Gasteiger partial charge on any atom is 0.193 e. The summed E-state index contributed by atoms with van der Waals surface area (Å²) >= 11 is 0. The van der Waals surface area contributed by atoms with Crippen molar-refractivity contribution in [3.63, 3.8) is 0 Å². The van der Waals surface area contributed by atoms with Crippen LogP contribution in [-0.2, 0) is 13.1 Å². The molecular formula is C19H27N5O. The first-order chi connectivity index (χ1) is 12.0. The van der Waals surface area contributed by atoms with Crippen LogP contribution >= 0.6 is 0 Å². The van der Waals surface area contributed by atoms with Crippen LogP contribution in [-0.4, -0.2) is 51.1 Å². The van der Waals surface area contributed by atoms with Gasteiger partial charge in [-0.05, 0) is 23.8 Å². The van der Waals surface area contributed by atoms with Crippen LogP contribution in [0.3, 0.4) is 0 Å². The Morgan fingerprint density at radius 2 is 1.96 bits per heavy atom. The molecule has 1 aromatic carbocycles. The molecule has 6 heteroatoms. The summed E-state index contributed by atoms with van der Waals surface area (Å²) in [4.78, 5) is 12.8. The van der Waals surface area contributed by atoms with E-state index in [1.807, 2.05) is 56.5 Å². The van der Waals surface area contributed by atoms with E-state index in [2.05, 4.69) is 32.3 Å². The molecule has 0 unspecified atom stereocenters. The highest BCUT2D eigenvalue weighted by molar-refractivity contribution is 5.79. The van der Waals surface area contributed by atoms with E-state index in [0.717, 1.165) is 28.7 Å². The number of hydrogen-bond donors (Lipinski definition) is 1. The van der Waals surface area contributed by atoms with E-state index in [1.165, 1.54) is 0 Å². The fraction of sp³-hybridized carbons (Fsp3) is 0.368. The minimum atomic E-state index is 0.687. The number of hydrogen-bond acceptors (Lipinski definition) is 4. The van der Waals surface area contributed by atoms with Gasteiger partial charge in [0.25, 0.3) is 0 Å². The largest absolute Gasteiger partial charge is 0.496 e. The maximum absolute atomic E-state index is 5.43. The molecule has 0 spiro atoms. The van der Waals surface area contributed by atoms with Crippen LogP contribution in [0, 0.1) is 0 Å². The van der Waals surface area contributed by atoms with Gasteiger partial charge in [-0.1, -0.05) is 18.2 Å². The van der Waals surface area contributed by atoms with Gasteiger partial charge in [0.05, 0.1) is 7.11 Å². The Bertz CT molecular complexity index is 714. The predicted molar refractivity (Wildman–Crippen MR) is 103 cm³/mol. The zero-order chi connectivity index (χ0) is 18.2. The van der Waals surface area contributed by atoms with E-state index in [9.17, 15) is 0 Å². The van der Waals surface area contributed by atoms with E-state index in [-0.39, 0.29) is 0 Å². The highest BCUT2D eigenvalue weighted by Gasteiger charge is 2.10. The smallest absolute Gasteiger partial charge is 0.193 e. The number of ether oxygens (including phenoxy) is 1. The van der Waals surface area contributed by atoms with Crippen LogP contribution in [0.5, 0.6) is 5.75 Å². The average molecular weight is 341 g/mol. The van der Waals surface area contributed by atoms with E-state index >= 15 is 0 Å². The van der Waals surface area contributed by atoms with E-state index in [0.29, 0.717) is 13.1 Å². The summed E-state index contributed by atoms with van der Waals surface area (Å²) in [5.41, 5.74) is 2.28. The van der Waals surface area contributed by atoms with Crippen molar-refractivity contribution < 1.29 is 4.74 Å². The molecule has 0 aliphatic heterocycles. The fourth-order valence-electron chi connectivity index (χ4n) is 2.54. The van der Waals surface area contributed by atoms with Gasteiger partial charge in [-0.3, -0.25) is 4.99 Å². The number of para-hydroxylation sites is 1. The SMILES string of the molecule is CN=C(NCc1ccnc(N(C)C)c1)N(C)Cc1ccccc1OC. The minimum absolute atomic E-state index is 0.687. The van der Waals surface area contributed by atoms with Crippen LogP contribution in [0.15, 0.2) is 47.6 Å². The average Bonchev–Trinajstić information content (AvgIpc) is 2.63. The molecule has 0 aliphatic rings. The zero-order valence-electron chi connectivity index (χ0n) is 15.7. The summed E-state index contributed by atoms with van der Waals surface area (Å²) < 4.78 is 5.43. The number of aliphatic imine (C=N–C) groups is 1. The molecule has 0 aliphatic carbocycles. The molecule has 2 rings (SSSR count). The molecule has 25 heavy (non-hydrogen) atoms. The molecule has 1 N–H and O–H groups in total. The monoisotopic (exact) mass is 341 g/mol. The molecular weight excluding hydrogens is 314 g/mol. The van der Waals surface area contributed by atoms with Crippen LogP contribution in [0.4, 0.5) is 5.82 Å². The minimum Gasteiger partial charge on any atom is -0.496 e. The lowest BCUT2D eigenvalue weighted by molar-refractivity contribution is 0.396. The Balaban J connectivity index is 2.01. The Morgan fingerprint density at radius 3 is 2.64 bits per heavy atom. The quantitative estimate of drug-likeness (QED) is 0.646. The van der Waals surface area contributed by atoms with Gasteiger partial charge in [-0.2, -0.15) is 0 Å². The first kappa shape index (κ1) is 18.6. The molecule has 0 saturated heterocycles. The normalized spacial score (nSPS) is 11.2. The molecule has 6 nitrogen and oxygen atoms in total. The van der Waals surface area contributed by atoms with Crippen LogP contribution in [0.2, 0.25) is 0 Å². The van der Waals surface area contributed by atoms with Gasteiger partial charge >= 0.3 is 0 Å². The zero-order valence-corrected chi connectivity index (χ0v) is 15.7. The lowest BCUT2D eigenvalue weighted by Gasteiger charge is -2.23. The maximum atomic E-state index is 5.43. The lowest BCUT2D eigenvalue weighted by Crippen LogP contribution is -2.38. The molecule has 0 fully saturated rings. The summed E-state index contributed by atoms with van der Waals surface area (Å²) in [6.07, 6.45) is 1.83. The third-order valence-electron chi connectivity index (χ3n) is 3.89. The summed E-state index contributed by atoms with van der Waals surface area (Å²) in [6, 6.07) is 12.1. The summed E-state index contributed by atoms with van der Waals surface area (Å²) in [5, 5.41) is 3.40. The Labute approximate surface area is 150 Å². The van der Waals surface area contributed by atoms with Crippen molar-refractivity contribution in [1.82, 2.24) is 15.2 Å². The van der Waals surface area contributed by atoms with Crippen molar-refractivity contribution in [3.8, 4) is 5.75 Å². The summed E-state index contributed by atoms with van der Waals surface area (Å²) in [6.45, 7) is 1.40. The van der Waals surface area contributed by atoms with Gasteiger partial charge in [0, 0.05) is 53.0 Å². The number of rotatable bonds is 6. The molecule has 2 aromatic rings. The molecule has 0 amide bonds. The first-order valence-electron chi connectivity index (χ1n) is 8.21. The van der Waals surface area contributed by atoms with Crippen molar-refractivity contribution in [2.75, 3.05) is 40.2 Å². The molecule has 0 atom stereocenters. The molecule has 1 aromatic heterocycles. The van der Waals surface area contributed by atoms with E-state index < -0.39 is 0 Å². The number of guanidine groups is 1.